The fourth-order valence-corrected chi connectivity index (χ4v) is 6.00. The number of carbonyl (C=O) groups is 1. The smallest absolute Gasteiger partial charge is 0.254 e. The molecule has 3 heterocycles. The summed E-state index contributed by atoms with van der Waals surface area (Å²) in [6.07, 6.45) is 0.568. The van der Waals surface area contributed by atoms with Crippen LogP contribution in [-0.4, -0.2) is 40.7 Å². The Labute approximate surface area is 191 Å². The Kier molecular flexibility index (Phi) is 4.47. The first-order valence-corrected chi connectivity index (χ1v) is 13.1. The van der Waals surface area contributed by atoms with Crippen LogP contribution in [0.2, 0.25) is 0 Å². The number of imidazole rings is 1. The predicted octanol–water partition coefficient (Wildman–Crippen LogP) is 5.47. The quantitative estimate of drug-likeness (QED) is 0.372. The van der Waals surface area contributed by atoms with Gasteiger partial charge in [0.25, 0.3) is 5.91 Å². The lowest BCUT2D eigenvalue weighted by Gasteiger charge is -2.23. The van der Waals surface area contributed by atoms with Gasteiger partial charge in [0, 0.05) is 30.2 Å². The van der Waals surface area contributed by atoms with Crippen molar-refractivity contribution in [2.75, 3.05) is 20.4 Å². The summed E-state index contributed by atoms with van der Waals surface area (Å²) in [5, 5.41) is 1.02. The van der Waals surface area contributed by atoms with Gasteiger partial charge in [-0.15, -0.1) is 0 Å². The SMILES string of the molecule is CN1C(=O)c2cccc(F)c2[C@@H]2CC1c1nc3ccc(-c4ccc(P(C)C)cc4F)cc3n12. The molecular weight excluding hydrogens is 439 g/mol. The van der Waals surface area contributed by atoms with E-state index in [2.05, 4.69) is 13.3 Å². The highest BCUT2D eigenvalue weighted by atomic mass is 31.1. The number of halogens is 2. The number of nitrogens with zero attached hydrogens (tertiary/aromatic N) is 3. The summed E-state index contributed by atoms with van der Waals surface area (Å²) in [7, 11) is 1.36. The van der Waals surface area contributed by atoms with Crippen molar-refractivity contribution in [3.8, 4) is 11.1 Å². The number of carbonyl (C=O) groups excluding carboxylic acids is 1. The Balaban J connectivity index is 1.56. The van der Waals surface area contributed by atoms with E-state index in [9.17, 15) is 4.79 Å². The Morgan fingerprint density at radius 1 is 0.970 bits per heavy atom. The van der Waals surface area contributed by atoms with Crippen molar-refractivity contribution in [3.05, 3.63) is 83.2 Å². The van der Waals surface area contributed by atoms with Crippen LogP contribution in [0.1, 0.15) is 40.3 Å². The van der Waals surface area contributed by atoms with E-state index in [1.165, 1.54) is 6.07 Å². The molecule has 4 nitrogen and oxygen atoms in total. The average molecular weight is 461 g/mol. The van der Waals surface area contributed by atoms with Crippen LogP contribution in [-0.2, 0) is 0 Å². The summed E-state index contributed by atoms with van der Waals surface area (Å²) in [6.45, 7) is 4.20. The van der Waals surface area contributed by atoms with Gasteiger partial charge in [0.1, 0.15) is 17.5 Å². The fourth-order valence-electron chi connectivity index (χ4n) is 5.25. The van der Waals surface area contributed by atoms with Crippen molar-refractivity contribution < 1.29 is 13.6 Å². The Bertz CT molecular complexity index is 1460. The molecule has 1 aromatic heterocycles. The highest BCUT2D eigenvalue weighted by molar-refractivity contribution is 7.64. The lowest BCUT2D eigenvalue weighted by molar-refractivity contribution is 0.0734. The van der Waals surface area contributed by atoms with E-state index in [-0.39, 0.29) is 37.5 Å². The van der Waals surface area contributed by atoms with E-state index in [0.717, 1.165) is 27.7 Å². The van der Waals surface area contributed by atoms with Crippen molar-refractivity contribution >= 4 is 30.2 Å². The summed E-state index contributed by atoms with van der Waals surface area (Å²) in [4.78, 5) is 19.5. The Morgan fingerprint density at radius 2 is 1.79 bits per heavy atom. The second kappa shape index (κ2) is 7.19. The second-order valence-electron chi connectivity index (χ2n) is 8.99. The predicted molar refractivity (Wildman–Crippen MR) is 128 cm³/mol. The molecule has 33 heavy (non-hydrogen) atoms. The number of aromatic nitrogens is 2. The van der Waals surface area contributed by atoms with E-state index in [4.69, 9.17) is 4.98 Å². The zero-order valence-electron chi connectivity index (χ0n) is 18.5. The van der Waals surface area contributed by atoms with E-state index < -0.39 is 0 Å². The molecule has 6 rings (SSSR count). The molecule has 1 unspecified atom stereocenters. The number of amides is 1. The van der Waals surface area contributed by atoms with Crippen LogP contribution in [0.15, 0.2) is 54.6 Å². The molecule has 2 bridgehead atoms. The minimum atomic E-state index is -0.386. The van der Waals surface area contributed by atoms with Crippen LogP contribution in [0.25, 0.3) is 22.2 Å². The molecule has 1 amide bonds. The molecule has 0 aliphatic carbocycles. The summed E-state index contributed by atoms with van der Waals surface area (Å²) in [5.74, 6) is -0.0789. The first-order chi connectivity index (χ1) is 15.8. The summed E-state index contributed by atoms with van der Waals surface area (Å²) in [5.41, 5.74) is 3.67. The van der Waals surface area contributed by atoms with Crippen molar-refractivity contribution in [2.24, 2.45) is 0 Å². The maximum atomic E-state index is 15.1. The van der Waals surface area contributed by atoms with Crippen LogP contribution in [0.5, 0.6) is 0 Å². The second-order valence-corrected chi connectivity index (χ2v) is 11.3. The minimum absolute atomic E-state index is 0.190. The maximum absolute atomic E-state index is 15.1. The van der Waals surface area contributed by atoms with Crippen molar-refractivity contribution in [1.82, 2.24) is 14.5 Å². The van der Waals surface area contributed by atoms with Crippen LogP contribution in [0.4, 0.5) is 8.78 Å². The summed E-state index contributed by atoms with van der Waals surface area (Å²) in [6, 6.07) is 15.2. The van der Waals surface area contributed by atoms with Gasteiger partial charge in [0.05, 0.1) is 23.1 Å². The number of fused-ring (bicyclic) bond motifs is 9. The molecule has 0 N–H and O–H groups in total. The van der Waals surface area contributed by atoms with Gasteiger partial charge in [-0.3, -0.25) is 4.79 Å². The maximum Gasteiger partial charge on any atom is 0.254 e. The van der Waals surface area contributed by atoms with E-state index in [1.807, 2.05) is 34.9 Å². The minimum Gasteiger partial charge on any atom is -0.331 e. The third-order valence-electron chi connectivity index (χ3n) is 6.96. The fraction of sp³-hybridized carbons (Fsp3) is 0.231. The van der Waals surface area contributed by atoms with Gasteiger partial charge in [-0.05, 0) is 54.5 Å². The van der Waals surface area contributed by atoms with Crippen molar-refractivity contribution in [3.63, 3.8) is 0 Å². The largest absolute Gasteiger partial charge is 0.331 e. The molecule has 0 spiro atoms. The molecule has 0 radical (unpaired) electrons. The van der Waals surface area contributed by atoms with E-state index in [1.54, 1.807) is 30.1 Å². The first kappa shape index (κ1) is 20.5. The standard InChI is InChI=1S/C26H22F2N3OP/c1-30-23-13-22(24-17(26(30)32)5-4-6-18(24)27)31-21-11-14(7-10-20(21)29-25(23)31)16-9-8-15(33(2)3)12-19(16)28/h4-12,22-23H,13H2,1-3H3/t22-,23?/m0/s1. The third kappa shape index (κ3) is 2.90. The van der Waals surface area contributed by atoms with E-state index >= 15 is 8.78 Å². The molecule has 2 aliphatic rings. The molecule has 4 aromatic rings. The lowest BCUT2D eigenvalue weighted by Crippen LogP contribution is -2.30. The Hall–Kier alpha value is -3.11. The number of hydrogen-bond donors (Lipinski definition) is 0. The topological polar surface area (TPSA) is 38.1 Å². The van der Waals surface area contributed by atoms with Crippen molar-refractivity contribution in [1.29, 1.82) is 0 Å². The molecule has 0 fully saturated rings. The van der Waals surface area contributed by atoms with Gasteiger partial charge in [-0.25, -0.2) is 13.8 Å². The monoisotopic (exact) mass is 461 g/mol. The zero-order valence-corrected chi connectivity index (χ0v) is 19.4. The summed E-state index contributed by atoms with van der Waals surface area (Å²) < 4.78 is 32.1. The molecule has 7 heteroatoms. The number of hydrogen-bond acceptors (Lipinski definition) is 2. The van der Waals surface area contributed by atoms with Gasteiger partial charge in [-0.2, -0.15) is 0 Å². The van der Waals surface area contributed by atoms with Crippen LogP contribution >= 0.6 is 7.92 Å². The molecule has 0 saturated heterocycles. The average Bonchev–Trinajstić information content (AvgIpc) is 3.31. The van der Waals surface area contributed by atoms with Gasteiger partial charge in [-0.1, -0.05) is 32.2 Å². The van der Waals surface area contributed by atoms with Gasteiger partial charge >= 0.3 is 0 Å². The molecule has 0 saturated carbocycles. The van der Waals surface area contributed by atoms with Gasteiger partial charge in [0.2, 0.25) is 0 Å². The van der Waals surface area contributed by atoms with Crippen LogP contribution < -0.4 is 5.30 Å². The van der Waals surface area contributed by atoms with Crippen LogP contribution in [0, 0.1) is 11.6 Å². The summed E-state index contributed by atoms with van der Waals surface area (Å²) >= 11 is 0. The third-order valence-corrected chi connectivity index (χ3v) is 8.27. The Morgan fingerprint density at radius 3 is 2.55 bits per heavy atom. The van der Waals surface area contributed by atoms with E-state index in [0.29, 0.717) is 23.1 Å². The van der Waals surface area contributed by atoms with Gasteiger partial charge < -0.3 is 9.47 Å². The molecule has 2 atom stereocenters. The van der Waals surface area contributed by atoms with Crippen LogP contribution in [0.3, 0.4) is 0 Å². The molecular formula is C26H22F2N3OP. The highest BCUT2D eigenvalue weighted by Gasteiger charge is 2.44. The zero-order chi connectivity index (χ0) is 23.0. The number of rotatable bonds is 2. The molecule has 166 valence electrons. The van der Waals surface area contributed by atoms with Crippen molar-refractivity contribution in [2.45, 2.75) is 18.5 Å². The highest BCUT2D eigenvalue weighted by Crippen LogP contribution is 2.48. The molecule has 2 aliphatic heterocycles. The lowest BCUT2D eigenvalue weighted by atomic mass is 9.98. The van der Waals surface area contributed by atoms with Gasteiger partial charge in [0.15, 0.2) is 0 Å². The first-order valence-electron chi connectivity index (χ1n) is 10.9. The number of benzene rings is 3. The normalized spacial score (nSPS) is 19.2. The molecule has 3 aromatic carbocycles.